The third kappa shape index (κ3) is 3.96. The number of hydrogen-bond acceptors (Lipinski definition) is 3. The first-order valence-electron chi connectivity index (χ1n) is 4.82. The predicted octanol–water partition coefficient (Wildman–Crippen LogP) is 2.96. The SMILES string of the molecule is CC(C)[C@H](C=C1SCCCS1)CO. The van der Waals surface area contributed by atoms with Gasteiger partial charge >= 0.3 is 0 Å². The summed E-state index contributed by atoms with van der Waals surface area (Å²) in [5, 5.41) is 9.16. The van der Waals surface area contributed by atoms with E-state index >= 15 is 0 Å². The molecule has 0 aromatic rings. The van der Waals surface area contributed by atoms with Crippen LogP contribution in [0.15, 0.2) is 10.3 Å². The molecule has 76 valence electrons. The Morgan fingerprint density at radius 2 is 2.00 bits per heavy atom. The summed E-state index contributed by atoms with van der Waals surface area (Å²) in [5.74, 6) is 3.37. The lowest BCUT2D eigenvalue weighted by atomic mass is 9.97. The van der Waals surface area contributed by atoms with E-state index in [4.69, 9.17) is 5.11 Å². The van der Waals surface area contributed by atoms with Crippen LogP contribution in [0, 0.1) is 11.8 Å². The van der Waals surface area contributed by atoms with Crippen molar-refractivity contribution >= 4 is 23.5 Å². The molecule has 1 fully saturated rings. The van der Waals surface area contributed by atoms with E-state index in [0.29, 0.717) is 11.8 Å². The van der Waals surface area contributed by atoms with E-state index < -0.39 is 0 Å². The Balaban J connectivity index is 2.49. The Morgan fingerprint density at radius 3 is 2.46 bits per heavy atom. The van der Waals surface area contributed by atoms with E-state index in [2.05, 4.69) is 19.9 Å². The van der Waals surface area contributed by atoms with E-state index in [9.17, 15) is 0 Å². The monoisotopic (exact) mass is 218 g/mol. The highest BCUT2D eigenvalue weighted by Crippen LogP contribution is 2.36. The molecule has 0 bridgehead atoms. The first kappa shape index (κ1) is 11.5. The molecule has 1 rings (SSSR count). The average Bonchev–Trinajstić information content (AvgIpc) is 2.15. The van der Waals surface area contributed by atoms with Gasteiger partial charge in [-0.25, -0.2) is 0 Å². The maximum absolute atomic E-state index is 9.16. The van der Waals surface area contributed by atoms with Gasteiger partial charge in [0.05, 0.1) is 0 Å². The van der Waals surface area contributed by atoms with Gasteiger partial charge in [0.15, 0.2) is 0 Å². The summed E-state index contributed by atoms with van der Waals surface area (Å²) < 4.78 is 1.42. The maximum Gasteiger partial charge on any atom is 0.0496 e. The zero-order valence-electron chi connectivity index (χ0n) is 8.32. The van der Waals surface area contributed by atoms with Gasteiger partial charge in [0.25, 0.3) is 0 Å². The van der Waals surface area contributed by atoms with Crippen molar-refractivity contribution in [2.24, 2.45) is 11.8 Å². The summed E-state index contributed by atoms with van der Waals surface area (Å²) in [6, 6.07) is 0. The van der Waals surface area contributed by atoms with Crippen molar-refractivity contribution in [2.75, 3.05) is 18.1 Å². The maximum atomic E-state index is 9.16. The first-order valence-corrected chi connectivity index (χ1v) is 6.79. The van der Waals surface area contributed by atoms with Crippen LogP contribution in [0.1, 0.15) is 20.3 Å². The lowest BCUT2D eigenvalue weighted by molar-refractivity contribution is 0.221. The fraction of sp³-hybridized carbons (Fsp3) is 0.800. The third-order valence-electron chi connectivity index (χ3n) is 2.19. The lowest BCUT2D eigenvalue weighted by Crippen LogP contribution is -2.11. The number of hydrogen-bond donors (Lipinski definition) is 1. The molecule has 1 nitrogen and oxygen atoms in total. The molecular weight excluding hydrogens is 200 g/mol. The molecule has 1 saturated heterocycles. The fourth-order valence-corrected chi connectivity index (χ4v) is 3.71. The minimum absolute atomic E-state index is 0.280. The van der Waals surface area contributed by atoms with Crippen LogP contribution in [0.25, 0.3) is 0 Å². The van der Waals surface area contributed by atoms with Crippen LogP contribution in [0.3, 0.4) is 0 Å². The van der Waals surface area contributed by atoms with Gasteiger partial charge in [-0.1, -0.05) is 19.9 Å². The summed E-state index contributed by atoms with van der Waals surface area (Å²) in [6.45, 7) is 4.61. The van der Waals surface area contributed by atoms with Crippen molar-refractivity contribution < 1.29 is 5.11 Å². The highest BCUT2D eigenvalue weighted by Gasteiger charge is 2.13. The summed E-state index contributed by atoms with van der Waals surface area (Å²) >= 11 is 3.87. The minimum atomic E-state index is 0.280. The smallest absolute Gasteiger partial charge is 0.0496 e. The summed E-state index contributed by atoms with van der Waals surface area (Å²) in [5.41, 5.74) is 0. The standard InChI is InChI=1S/C10H18OS2/c1-8(2)9(7-11)6-10-12-4-3-5-13-10/h6,8-9,11H,3-5,7H2,1-2H3/t9-/m1/s1. The van der Waals surface area contributed by atoms with Crippen molar-refractivity contribution in [1.82, 2.24) is 0 Å². The molecular formula is C10H18OS2. The molecule has 0 unspecified atom stereocenters. The lowest BCUT2D eigenvalue weighted by Gasteiger charge is -2.18. The van der Waals surface area contributed by atoms with Gasteiger partial charge in [-0.05, 0) is 23.8 Å². The Hall–Kier alpha value is 0.400. The molecule has 0 spiro atoms. The molecule has 0 radical (unpaired) electrons. The first-order chi connectivity index (χ1) is 6.24. The quantitative estimate of drug-likeness (QED) is 0.786. The molecule has 0 aromatic heterocycles. The molecule has 0 saturated carbocycles. The van der Waals surface area contributed by atoms with Gasteiger partial charge in [-0.15, -0.1) is 23.5 Å². The minimum Gasteiger partial charge on any atom is -0.396 e. The second kappa shape index (κ2) is 5.99. The highest BCUT2D eigenvalue weighted by molar-refractivity contribution is 8.22. The van der Waals surface area contributed by atoms with Crippen molar-refractivity contribution in [3.05, 3.63) is 10.3 Å². The number of aliphatic hydroxyl groups is 1. The Morgan fingerprint density at radius 1 is 1.38 bits per heavy atom. The summed E-state index contributed by atoms with van der Waals surface area (Å²) in [6.07, 6.45) is 3.57. The van der Waals surface area contributed by atoms with Gasteiger partial charge in [0.2, 0.25) is 0 Å². The number of thioether (sulfide) groups is 2. The van der Waals surface area contributed by atoms with Gasteiger partial charge < -0.3 is 5.11 Å². The van der Waals surface area contributed by atoms with Crippen LogP contribution in [-0.2, 0) is 0 Å². The molecule has 1 atom stereocenters. The zero-order chi connectivity index (χ0) is 9.68. The molecule has 0 amide bonds. The number of aliphatic hydroxyl groups excluding tert-OH is 1. The van der Waals surface area contributed by atoms with Crippen LogP contribution in [0.4, 0.5) is 0 Å². The average molecular weight is 218 g/mol. The molecule has 3 heteroatoms. The Labute approximate surface area is 89.4 Å². The molecule has 0 aromatic carbocycles. The largest absolute Gasteiger partial charge is 0.396 e. The summed E-state index contributed by atoms with van der Waals surface area (Å²) in [4.78, 5) is 0. The summed E-state index contributed by atoms with van der Waals surface area (Å²) in [7, 11) is 0. The molecule has 13 heavy (non-hydrogen) atoms. The topological polar surface area (TPSA) is 20.2 Å². The Kier molecular flexibility index (Phi) is 5.29. The fourth-order valence-electron chi connectivity index (χ4n) is 1.17. The normalized spacial score (nSPS) is 20.5. The molecule has 0 aliphatic carbocycles. The van der Waals surface area contributed by atoms with Crippen LogP contribution in [0.5, 0.6) is 0 Å². The molecule has 1 heterocycles. The van der Waals surface area contributed by atoms with Gasteiger partial charge in [-0.3, -0.25) is 0 Å². The van der Waals surface area contributed by atoms with Crippen molar-refractivity contribution in [1.29, 1.82) is 0 Å². The van der Waals surface area contributed by atoms with Crippen molar-refractivity contribution in [2.45, 2.75) is 20.3 Å². The second-order valence-electron chi connectivity index (χ2n) is 3.63. The van der Waals surface area contributed by atoms with E-state index in [1.807, 2.05) is 23.5 Å². The zero-order valence-corrected chi connectivity index (χ0v) is 9.96. The van der Waals surface area contributed by atoms with Gasteiger partial charge in [-0.2, -0.15) is 0 Å². The predicted molar refractivity (Wildman–Crippen MR) is 63.0 cm³/mol. The molecule has 1 N–H and O–H groups in total. The van der Waals surface area contributed by atoms with Crippen LogP contribution >= 0.6 is 23.5 Å². The highest BCUT2D eigenvalue weighted by atomic mass is 32.2. The van der Waals surface area contributed by atoms with Gasteiger partial charge in [0, 0.05) is 16.8 Å². The van der Waals surface area contributed by atoms with Gasteiger partial charge in [0.1, 0.15) is 0 Å². The van der Waals surface area contributed by atoms with E-state index in [1.165, 1.54) is 22.2 Å². The molecule has 1 aliphatic heterocycles. The number of rotatable bonds is 3. The van der Waals surface area contributed by atoms with E-state index in [1.54, 1.807) is 0 Å². The van der Waals surface area contributed by atoms with E-state index in [0.717, 1.165) is 0 Å². The van der Waals surface area contributed by atoms with Crippen LogP contribution in [0.2, 0.25) is 0 Å². The second-order valence-corrected chi connectivity index (χ2v) is 6.16. The van der Waals surface area contributed by atoms with Crippen LogP contribution < -0.4 is 0 Å². The van der Waals surface area contributed by atoms with Crippen molar-refractivity contribution in [3.63, 3.8) is 0 Å². The van der Waals surface area contributed by atoms with E-state index in [-0.39, 0.29) is 6.61 Å². The third-order valence-corrected chi connectivity index (χ3v) is 4.73. The Bertz CT molecular complexity index is 170. The van der Waals surface area contributed by atoms with Crippen molar-refractivity contribution in [3.8, 4) is 0 Å². The van der Waals surface area contributed by atoms with Crippen LogP contribution in [-0.4, -0.2) is 23.2 Å². The molecule has 1 aliphatic rings.